The van der Waals surface area contributed by atoms with E-state index in [0.717, 1.165) is 71.6 Å². The number of aliphatic imine (C=N–C) groups is 1. The van der Waals surface area contributed by atoms with Gasteiger partial charge in [0.25, 0.3) is 0 Å². The molecule has 0 fully saturated rings. The van der Waals surface area contributed by atoms with Crippen LogP contribution in [-0.2, 0) is 5.41 Å². The van der Waals surface area contributed by atoms with Crippen LogP contribution >= 0.6 is 0 Å². The Bertz CT molecular complexity index is 2810. The molecule has 0 aliphatic carbocycles. The maximum Gasteiger partial charge on any atom is 0.229 e. The number of aromatic hydroxyl groups is 1. The normalized spacial score (nSPS) is 12.2. The lowest BCUT2D eigenvalue weighted by Crippen LogP contribution is -2.11. The predicted molar refractivity (Wildman–Crippen MR) is 209 cm³/mol. The Balaban J connectivity index is 1.22. The molecule has 0 spiro atoms. The second-order valence-corrected chi connectivity index (χ2v) is 14.0. The molecule has 0 bridgehead atoms. The van der Waals surface area contributed by atoms with Crippen molar-refractivity contribution in [3.63, 3.8) is 0 Å². The third kappa shape index (κ3) is 5.44. The summed E-state index contributed by atoms with van der Waals surface area (Å²) in [5, 5.41) is 15.1. The fourth-order valence-corrected chi connectivity index (χ4v) is 6.91. The molecule has 9 aromatic rings. The van der Waals surface area contributed by atoms with Gasteiger partial charge in [0, 0.05) is 28.1 Å². The zero-order valence-electron chi connectivity index (χ0n) is 28.5. The molecule has 5 nitrogen and oxygen atoms in total. The number of fused-ring (bicyclic) bond motifs is 5. The van der Waals surface area contributed by atoms with Gasteiger partial charge in [0.2, 0.25) is 5.89 Å². The molecular formula is C46H34N2O3. The number of phenolic OH excluding ortho intramolecular Hbond substituents is 1. The van der Waals surface area contributed by atoms with E-state index in [4.69, 9.17) is 18.8 Å². The van der Waals surface area contributed by atoms with Gasteiger partial charge in [-0.15, -0.1) is 0 Å². The Morgan fingerprint density at radius 1 is 0.588 bits per heavy atom. The van der Waals surface area contributed by atoms with E-state index in [9.17, 15) is 5.11 Å². The molecular weight excluding hydrogens is 629 g/mol. The Labute approximate surface area is 295 Å². The molecule has 246 valence electrons. The highest BCUT2D eigenvalue weighted by Gasteiger charge is 2.20. The van der Waals surface area contributed by atoms with Crippen LogP contribution in [0.4, 0.5) is 5.69 Å². The number of rotatable bonds is 5. The fraction of sp³-hybridized carbons (Fsp3) is 0.0870. The summed E-state index contributed by atoms with van der Waals surface area (Å²) >= 11 is 0. The monoisotopic (exact) mass is 662 g/mol. The third-order valence-corrected chi connectivity index (χ3v) is 9.66. The summed E-state index contributed by atoms with van der Waals surface area (Å²) in [5.41, 5.74) is 10.5. The maximum atomic E-state index is 10.7. The molecule has 5 heteroatoms. The number of furan rings is 1. The van der Waals surface area contributed by atoms with Crippen LogP contribution in [0.2, 0.25) is 0 Å². The van der Waals surface area contributed by atoms with E-state index in [-0.39, 0.29) is 11.2 Å². The van der Waals surface area contributed by atoms with Gasteiger partial charge >= 0.3 is 0 Å². The molecule has 9 rings (SSSR count). The average Bonchev–Trinajstić information content (AvgIpc) is 3.75. The lowest BCUT2D eigenvalue weighted by Gasteiger charge is -2.19. The van der Waals surface area contributed by atoms with Gasteiger partial charge in [0.1, 0.15) is 22.4 Å². The molecule has 0 saturated heterocycles. The molecule has 0 radical (unpaired) electrons. The van der Waals surface area contributed by atoms with E-state index in [2.05, 4.69) is 93.6 Å². The number of benzene rings is 7. The van der Waals surface area contributed by atoms with E-state index in [1.54, 1.807) is 12.3 Å². The average molecular weight is 663 g/mol. The molecule has 7 aromatic carbocycles. The summed E-state index contributed by atoms with van der Waals surface area (Å²) in [7, 11) is 0. The van der Waals surface area contributed by atoms with Crippen molar-refractivity contribution >= 4 is 55.7 Å². The highest BCUT2D eigenvalue weighted by molar-refractivity contribution is 6.08. The van der Waals surface area contributed by atoms with Crippen LogP contribution in [0.25, 0.3) is 77.5 Å². The van der Waals surface area contributed by atoms with Gasteiger partial charge in [-0.3, -0.25) is 4.99 Å². The zero-order chi connectivity index (χ0) is 34.7. The van der Waals surface area contributed by atoms with E-state index in [1.165, 1.54) is 0 Å². The summed E-state index contributed by atoms with van der Waals surface area (Å²) in [5.74, 6) is 0.653. The van der Waals surface area contributed by atoms with Crippen molar-refractivity contribution in [2.24, 2.45) is 4.99 Å². The number of hydrogen-bond acceptors (Lipinski definition) is 5. The first-order valence-corrected chi connectivity index (χ1v) is 17.1. The van der Waals surface area contributed by atoms with Crippen LogP contribution in [0.5, 0.6) is 5.75 Å². The quantitative estimate of drug-likeness (QED) is 0.186. The molecule has 0 saturated carbocycles. The lowest BCUT2D eigenvalue weighted by molar-refractivity contribution is 0.473. The first-order chi connectivity index (χ1) is 24.8. The minimum absolute atomic E-state index is 0.0644. The molecule has 1 N–H and O–H groups in total. The summed E-state index contributed by atoms with van der Waals surface area (Å²) in [6.07, 6.45) is 1.71. The third-order valence-electron chi connectivity index (χ3n) is 9.66. The number of hydrogen-bond donors (Lipinski definition) is 1. The maximum absolute atomic E-state index is 10.7. The number of oxazole rings is 1. The first-order valence-electron chi connectivity index (χ1n) is 17.1. The van der Waals surface area contributed by atoms with Crippen molar-refractivity contribution in [1.82, 2.24) is 4.98 Å². The standard InChI is InChI=1S/C46H34N2O3/c1-46(2,3)32-20-21-40(49)31(23-32)27-47-39-17-8-6-15-36(39)45-48-44-38(34-16-10-12-28-11-4-5-13-33(28)34)25-30(26-43(44)51-45)29-19-22-42-37(24-29)35-14-7-9-18-41(35)50-42/h4-27,49H,1-3H3. The fourth-order valence-electron chi connectivity index (χ4n) is 6.91. The van der Waals surface area contributed by atoms with Crippen molar-refractivity contribution in [2.45, 2.75) is 26.2 Å². The Kier molecular flexibility index (Phi) is 7.11. The molecule has 0 aliphatic heterocycles. The lowest BCUT2D eigenvalue weighted by atomic mass is 9.86. The molecule has 51 heavy (non-hydrogen) atoms. The van der Waals surface area contributed by atoms with Crippen molar-refractivity contribution in [2.75, 3.05) is 0 Å². The van der Waals surface area contributed by atoms with Crippen molar-refractivity contribution in [3.8, 4) is 39.5 Å². The topological polar surface area (TPSA) is 71.8 Å². The van der Waals surface area contributed by atoms with Crippen molar-refractivity contribution < 1.29 is 13.9 Å². The van der Waals surface area contributed by atoms with Crippen LogP contribution < -0.4 is 0 Å². The highest BCUT2D eigenvalue weighted by atomic mass is 16.3. The van der Waals surface area contributed by atoms with Crippen LogP contribution in [0.3, 0.4) is 0 Å². The van der Waals surface area contributed by atoms with Gasteiger partial charge < -0.3 is 13.9 Å². The smallest absolute Gasteiger partial charge is 0.229 e. The van der Waals surface area contributed by atoms with E-state index < -0.39 is 0 Å². The second kappa shape index (κ2) is 11.9. The molecule has 2 heterocycles. The summed E-state index contributed by atoms with van der Waals surface area (Å²) in [6, 6.07) is 47.1. The summed E-state index contributed by atoms with van der Waals surface area (Å²) < 4.78 is 12.8. The SMILES string of the molecule is CC(C)(C)c1ccc(O)c(C=Nc2ccccc2-c2nc3c(-c4cccc5ccccc45)cc(-c4ccc5oc6ccccc6c5c4)cc3o2)c1. The van der Waals surface area contributed by atoms with Crippen LogP contribution in [-0.4, -0.2) is 16.3 Å². The summed E-state index contributed by atoms with van der Waals surface area (Å²) in [4.78, 5) is 10.0. The van der Waals surface area contributed by atoms with Gasteiger partial charge in [-0.1, -0.05) is 106 Å². The van der Waals surface area contributed by atoms with Gasteiger partial charge in [-0.05, 0) is 93.0 Å². The van der Waals surface area contributed by atoms with Crippen LogP contribution in [0.1, 0.15) is 31.9 Å². The number of para-hydroxylation sites is 2. The minimum Gasteiger partial charge on any atom is -0.507 e. The molecule has 0 unspecified atom stereocenters. The van der Waals surface area contributed by atoms with Gasteiger partial charge in [-0.2, -0.15) is 0 Å². The number of nitrogens with zero attached hydrogens (tertiary/aromatic N) is 2. The van der Waals surface area contributed by atoms with E-state index >= 15 is 0 Å². The summed E-state index contributed by atoms with van der Waals surface area (Å²) in [6.45, 7) is 6.45. The Hall–Kier alpha value is -6.46. The number of phenols is 1. The molecule has 2 aromatic heterocycles. The first kappa shape index (κ1) is 30.6. The van der Waals surface area contributed by atoms with E-state index in [1.807, 2.05) is 60.7 Å². The van der Waals surface area contributed by atoms with Gasteiger partial charge in [0.05, 0.1) is 11.3 Å². The molecule has 0 atom stereocenters. The molecule has 0 aliphatic rings. The minimum atomic E-state index is -0.0644. The highest BCUT2D eigenvalue weighted by Crippen LogP contribution is 2.41. The number of aromatic nitrogens is 1. The Morgan fingerprint density at radius 3 is 2.22 bits per heavy atom. The Morgan fingerprint density at radius 2 is 1.33 bits per heavy atom. The second-order valence-electron chi connectivity index (χ2n) is 14.0. The van der Waals surface area contributed by atoms with Crippen LogP contribution in [0.15, 0.2) is 153 Å². The van der Waals surface area contributed by atoms with E-state index in [0.29, 0.717) is 22.7 Å². The largest absolute Gasteiger partial charge is 0.507 e. The van der Waals surface area contributed by atoms with Gasteiger partial charge in [-0.25, -0.2) is 4.98 Å². The van der Waals surface area contributed by atoms with Crippen LogP contribution in [0, 0.1) is 0 Å². The van der Waals surface area contributed by atoms with Gasteiger partial charge in [0.15, 0.2) is 5.58 Å². The van der Waals surface area contributed by atoms with Crippen molar-refractivity contribution in [1.29, 1.82) is 0 Å². The predicted octanol–water partition coefficient (Wildman–Crippen LogP) is 12.6. The zero-order valence-corrected chi connectivity index (χ0v) is 28.5. The molecule has 0 amide bonds. The van der Waals surface area contributed by atoms with Crippen molar-refractivity contribution in [3.05, 3.63) is 151 Å².